The zero-order valence-electron chi connectivity index (χ0n) is 11.8. The van der Waals surface area contributed by atoms with Crippen molar-refractivity contribution < 1.29 is 9.53 Å². The Balaban J connectivity index is 2.16. The van der Waals surface area contributed by atoms with Crippen LogP contribution in [0.5, 0.6) is 0 Å². The van der Waals surface area contributed by atoms with Gasteiger partial charge in [-0.3, -0.25) is 0 Å². The van der Waals surface area contributed by atoms with Crippen molar-refractivity contribution in [1.29, 1.82) is 0 Å². The number of carbonyl (C=O) groups excluding carboxylic acids is 1. The zero-order valence-corrected chi connectivity index (χ0v) is 13.4. The number of fused-ring (bicyclic) bond motifs is 1. The second-order valence-corrected chi connectivity index (χ2v) is 6.60. The lowest BCUT2D eigenvalue weighted by atomic mass is 10.0. The van der Waals surface area contributed by atoms with Gasteiger partial charge in [-0.2, -0.15) is 0 Å². The summed E-state index contributed by atoms with van der Waals surface area (Å²) < 4.78 is 6.24. The van der Waals surface area contributed by atoms with Crippen molar-refractivity contribution in [2.75, 3.05) is 6.54 Å². The van der Waals surface area contributed by atoms with Gasteiger partial charge in [0, 0.05) is 17.8 Å². The van der Waals surface area contributed by atoms with Gasteiger partial charge in [0.05, 0.1) is 6.54 Å². The smallest absolute Gasteiger partial charge is 0.410 e. The Morgan fingerprint density at radius 2 is 2.16 bits per heavy atom. The van der Waals surface area contributed by atoms with Crippen molar-refractivity contribution in [3.63, 3.8) is 0 Å². The summed E-state index contributed by atoms with van der Waals surface area (Å²) in [5.41, 5.74) is 2.89. The summed E-state index contributed by atoms with van der Waals surface area (Å²) in [6, 6.07) is 2.09. The molecule has 0 saturated carbocycles. The SMILES string of the molecule is Cc1cc2c(c(Br)n1)CN(C(=O)OC(C)(C)C)CC2. The highest BCUT2D eigenvalue weighted by atomic mass is 79.9. The molecule has 0 unspecified atom stereocenters. The number of hydrogen-bond donors (Lipinski definition) is 0. The molecule has 4 nitrogen and oxygen atoms in total. The number of amides is 1. The predicted molar refractivity (Wildman–Crippen MR) is 77.0 cm³/mol. The molecule has 0 bridgehead atoms. The van der Waals surface area contributed by atoms with Crippen LogP contribution in [0.15, 0.2) is 10.7 Å². The minimum Gasteiger partial charge on any atom is -0.444 e. The summed E-state index contributed by atoms with van der Waals surface area (Å²) in [6.45, 7) is 8.86. The van der Waals surface area contributed by atoms with Gasteiger partial charge >= 0.3 is 6.09 Å². The van der Waals surface area contributed by atoms with E-state index in [2.05, 4.69) is 27.0 Å². The number of nitrogens with zero attached hydrogens (tertiary/aromatic N) is 2. The molecule has 0 atom stereocenters. The summed E-state index contributed by atoms with van der Waals surface area (Å²) in [4.78, 5) is 18.2. The lowest BCUT2D eigenvalue weighted by molar-refractivity contribution is 0.0223. The van der Waals surface area contributed by atoms with Gasteiger partial charge in [0.25, 0.3) is 0 Å². The zero-order chi connectivity index (χ0) is 14.2. The van der Waals surface area contributed by atoms with E-state index in [1.165, 1.54) is 5.56 Å². The van der Waals surface area contributed by atoms with Gasteiger partial charge in [0.2, 0.25) is 0 Å². The Labute approximate surface area is 122 Å². The van der Waals surface area contributed by atoms with E-state index in [1.54, 1.807) is 4.90 Å². The minimum absolute atomic E-state index is 0.259. The molecule has 1 aliphatic heterocycles. The Bertz CT molecular complexity index is 509. The van der Waals surface area contributed by atoms with E-state index in [9.17, 15) is 4.79 Å². The molecular weight excluding hydrogens is 308 g/mol. The molecule has 1 aliphatic rings. The number of halogens is 1. The first-order valence-electron chi connectivity index (χ1n) is 6.39. The normalized spacial score (nSPS) is 15.1. The highest BCUT2D eigenvalue weighted by Crippen LogP contribution is 2.26. The molecule has 1 aromatic rings. The number of pyridine rings is 1. The van der Waals surface area contributed by atoms with E-state index in [1.807, 2.05) is 27.7 Å². The average molecular weight is 327 g/mol. The van der Waals surface area contributed by atoms with Crippen LogP contribution in [-0.2, 0) is 17.7 Å². The van der Waals surface area contributed by atoms with Crippen molar-refractivity contribution in [2.24, 2.45) is 0 Å². The molecule has 1 amide bonds. The molecule has 0 aliphatic carbocycles. The van der Waals surface area contributed by atoms with Gasteiger partial charge in [-0.15, -0.1) is 0 Å². The van der Waals surface area contributed by atoms with Crippen molar-refractivity contribution in [2.45, 2.75) is 46.3 Å². The molecule has 2 heterocycles. The summed E-state index contributed by atoms with van der Waals surface area (Å²) in [6.07, 6.45) is 0.585. The van der Waals surface area contributed by atoms with E-state index >= 15 is 0 Å². The predicted octanol–water partition coefficient (Wildman–Crippen LogP) is 3.45. The van der Waals surface area contributed by atoms with Crippen LogP contribution in [0, 0.1) is 6.92 Å². The van der Waals surface area contributed by atoms with Crippen LogP contribution in [0.1, 0.15) is 37.6 Å². The van der Waals surface area contributed by atoms with Gasteiger partial charge in [0.1, 0.15) is 10.2 Å². The van der Waals surface area contributed by atoms with Gasteiger partial charge in [0.15, 0.2) is 0 Å². The fraction of sp³-hybridized carbons (Fsp3) is 0.571. The maximum atomic E-state index is 12.1. The maximum absolute atomic E-state index is 12.1. The monoisotopic (exact) mass is 326 g/mol. The van der Waals surface area contributed by atoms with Crippen LogP contribution < -0.4 is 0 Å². The summed E-state index contributed by atoms with van der Waals surface area (Å²) in [5, 5.41) is 0. The van der Waals surface area contributed by atoms with Crippen LogP contribution in [-0.4, -0.2) is 28.1 Å². The Morgan fingerprint density at radius 1 is 1.47 bits per heavy atom. The highest BCUT2D eigenvalue weighted by Gasteiger charge is 2.27. The summed E-state index contributed by atoms with van der Waals surface area (Å²) in [7, 11) is 0. The molecule has 0 spiro atoms. The summed E-state index contributed by atoms with van der Waals surface area (Å²) >= 11 is 3.48. The number of rotatable bonds is 0. The lowest BCUT2D eigenvalue weighted by Crippen LogP contribution is -2.40. The molecular formula is C14H19BrN2O2. The first-order chi connectivity index (χ1) is 8.76. The largest absolute Gasteiger partial charge is 0.444 e. The standard InChI is InChI=1S/C14H19BrN2O2/c1-9-7-10-5-6-17(8-11(10)12(15)16-9)13(18)19-14(2,3)4/h7H,5-6,8H2,1-4H3. The van der Waals surface area contributed by atoms with Crippen LogP contribution in [0.3, 0.4) is 0 Å². The molecule has 19 heavy (non-hydrogen) atoms. The Kier molecular flexibility index (Phi) is 3.85. The molecule has 0 aromatic carbocycles. The third kappa shape index (κ3) is 3.47. The molecule has 0 radical (unpaired) electrons. The number of aromatic nitrogens is 1. The molecule has 2 rings (SSSR count). The lowest BCUT2D eigenvalue weighted by Gasteiger charge is -2.31. The Hall–Kier alpha value is -1.10. The highest BCUT2D eigenvalue weighted by molar-refractivity contribution is 9.10. The number of aryl methyl sites for hydroxylation is 1. The van der Waals surface area contributed by atoms with E-state index in [-0.39, 0.29) is 6.09 Å². The fourth-order valence-corrected chi connectivity index (χ4v) is 2.78. The van der Waals surface area contributed by atoms with E-state index in [0.29, 0.717) is 13.1 Å². The van der Waals surface area contributed by atoms with Gasteiger partial charge in [-0.05, 0) is 61.7 Å². The van der Waals surface area contributed by atoms with Crippen molar-refractivity contribution in [3.05, 3.63) is 27.5 Å². The molecule has 5 heteroatoms. The average Bonchev–Trinajstić information content (AvgIpc) is 2.25. The third-order valence-corrected chi connectivity index (χ3v) is 3.60. The maximum Gasteiger partial charge on any atom is 0.410 e. The van der Waals surface area contributed by atoms with Crippen LogP contribution in [0.25, 0.3) is 0 Å². The minimum atomic E-state index is -0.458. The first-order valence-corrected chi connectivity index (χ1v) is 7.18. The fourth-order valence-electron chi connectivity index (χ4n) is 2.12. The molecule has 104 valence electrons. The van der Waals surface area contributed by atoms with Crippen LogP contribution >= 0.6 is 15.9 Å². The first kappa shape index (κ1) is 14.3. The van der Waals surface area contributed by atoms with Crippen LogP contribution in [0.2, 0.25) is 0 Å². The van der Waals surface area contributed by atoms with E-state index in [0.717, 1.165) is 22.3 Å². The Morgan fingerprint density at radius 3 is 2.79 bits per heavy atom. The van der Waals surface area contributed by atoms with Crippen LogP contribution in [0.4, 0.5) is 4.79 Å². The molecule has 0 saturated heterocycles. The number of carbonyl (C=O) groups is 1. The quantitative estimate of drug-likeness (QED) is 0.686. The van der Waals surface area contributed by atoms with Gasteiger partial charge in [-0.25, -0.2) is 9.78 Å². The van der Waals surface area contributed by atoms with Gasteiger partial charge in [-0.1, -0.05) is 0 Å². The number of hydrogen-bond acceptors (Lipinski definition) is 3. The molecule has 0 fully saturated rings. The van der Waals surface area contributed by atoms with Crippen molar-refractivity contribution in [3.8, 4) is 0 Å². The van der Waals surface area contributed by atoms with Crippen molar-refractivity contribution >= 4 is 22.0 Å². The second kappa shape index (κ2) is 5.12. The summed E-state index contributed by atoms with van der Waals surface area (Å²) in [5.74, 6) is 0. The van der Waals surface area contributed by atoms with E-state index in [4.69, 9.17) is 4.74 Å². The third-order valence-electron chi connectivity index (χ3n) is 2.95. The number of ether oxygens (including phenoxy) is 1. The molecule has 1 aromatic heterocycles. The van der Waals surface area contributed by atoms with Gasteiger partial charge < -0.3 is 9.64 Å². The second-order valence-electron chi connectivity index (χ2n) is 5.84. The topological polar surface area (TPSA) is 42.4 Å². The molecule has 0 N–H and O–H groups in total. The van der Waals surface area contributed by atoms with E-state index < -0.39 is 5.60 Å². The van der Waals surface area contributed by atoms with Crippen molar-refractivity contribution in [1.82, 2.24) is 9.88 Å².